The highest BCUT2D eigenvalue weighted by molar-refractivity contribution is 5.72. The SMILES string of the molecule is CC(C)(C)OC(=O)CNC1=CC2CCC1(C)C2(C)C. The van der Waals surface area contributed by atoms with E-state index in [1.807, 2.05) is 20.8 Å². The first-order chi connectivity index (χ1) is 8.56. The van der Waals surface area contributed by atoms with E-state index in [2.05, 4.69) is 32.2 Å². The Bertz CT molecular complexity index is 417. The second kappa shape index (κ2) is 4.26. The molecular formula is C16H27NO2. The van der Waals surface area contributed by atoms with E-state index in [-0.39, 0.29) is 17.9 Å². The van der Waals surface area contributed by atoms with Crippen molar-refractivity contribution in [1.82, 2.24) is 5.32 Å². The molecule has 0 aromatic carbocycles. The highest BCUT2D eigenvalue weighted by Gasteiger charge is 2.57. The van der Waals surface area contributed by atoms with Crippen molar-refractivity contribution in [3.8, 4) is 0 Å². The molecule has 2 aliphatic carbocycles. The van der Waals surface area contributed by atoms with E-state index in [0.29, 0.717) is 11.3 Å². The van der Waals surface area contributed by atoms with E-state index in [4.69, 9.17) is 4.74 Å². The zero-order chi connectivity index (χ0) is 14.5. The van der Waals surface area contributed by atoms with Gasteiger partial charge in [-0.15, -0.1) is 0 Å². The van der Waals surface area contributed by atoms with Crippen LogP contribution in [0.5, 0.6) is 0 Å². The standard InChI is InChI=1S/C16H27NO2/c1-14(2,3)19-13(18)10-17-12-9-11-7-8-16(12,6)15(11,4)5/h9,11,17H,7-8,10H2,1-6H3. The Morgan fingerprint density at radius 2 is 2.05 bits per heavy atom. The maximum Gasteiger partial charge on any atom is 0.325 e. The van der Waals surface area contributed by atoms with Crippen LogP contribution in [0, 0.1) is 16.7 Å². The number of carbonyl (C=O) groups is 1. The van der Waals surface area contributed by atoms with Crippen LogP contribution < -0.4 is 5.32 Å². The van der Waals surface area contributed by atoms with E-state index in [0.717, 1.165) is 0 Å². The number of hydrogen-bond donors (Lipinski definition) is 1. The monoisotopic (exact) mass is 265 g/mol. The first-order valence-electron chi connectivity index (χ1n) is 7.24. The zero-order valence-electron chi connectivity index (χ0n) is 13.1. The molecule has 3 nitrogen and oxygen atoms in total. The quantitative estimate of drug-likeness (QED) is 0.796. The molecule has 0 radical (unpaired) electrons. The molecule has 3 heteroatoms. The summed E-state index contributed by atoms with van der Waals surface area (Å²) in [4.78, 5) is 11.8. The summed E-state index contributed by atoms with van der Waals surface area (Å²) in [7, 11) is 0. The van der Waals surface area contributed by atoms with Gasteiger partial charge in [0, 0.05) is 11.1 Å². The second-order valence-corrected chi connectivity index (χ2v) is 7.72. The summed E-state index contributed by atoms with van der Waals surface area (Å²) in [5.74, 6) is 0.455. The van der Waals surface area contributed by atoms with Crippen molar-refractivity contribution in [2.75, 3.05) is 6.54 Å². The van der Waals surface area contributed by atoms with Gasteiger partial charge < -0.3 is 10.1 Å². The van der Waals surface area contributed by atoms with E-state index in [1.54, 1.807) is 0 Å². The molecule has 0 saturated heterocycles. The smallest absolute Gasteiger partial charge is 0.325 e. The average molecular weight is 265 g/mol. The normalized spacial score (nSPS) is 32.1. The molecule has 0 amide bonds. The largest absolute Gasteiger partial charge is 0.459 e. The fraction of sp³-hybridized carbons (Fsp3) is 0.812. The predicted molar refractivity (Wildman–Crippen MR) is 76.5 cm³/mol. The van der Waals surface area contributed by atoms with Gasteiger partial charge in [0.25, 0.3) is 0 Å². The summed E-state index contributed by atoms with van der Waals surface area (Å²) in [6.07, 6.45) is 4.80. The van der Waals surface area contributed by atoms with Crippen LogP contribution in [-0.2, 0) is 9.53 Å². The Hall–Kier alpha value is -0.990. The van der Waals surface area contributed by atoms with Crippen LogP contribution in [0.15, 0.2) is 11.8 Å². The van der Waals surface area contributed by atoms with Gasteiger partial charge in [0.2, 0.25) is 0 Å². The third kappa shape index (κ3) is 2.39. The average Bonchev–Trinajstić information content (AvgIpc) is 2.56. The molecule has 1 fully saturated rings. The Morgan fingerprint density at radius 1 is 1.42 bits per heavy atom. The number of hydrogen-bond acceptors (Lipinski definition) is 3. The van der Waals surface area contributed by atoms with Crippen molar-refractivity contribution in [3.63, 3.8) is 0 Å². The molecule has 19 heavy (non-hydrogen) atoms. The second-order valence-electron chi connectivity index (χ2n) is 7.72. The van der Waals surface area contributed by atoms with Crippen molar-refractivity contribution in [3.05, 3.63) is 11.8 Å². The molecule has 1 saturated carbocycles. The summed E-state index contributed by atoms with van der Waals surface area (Å²) in [6, 6.07) is 0. The lowest BCUT2D eigenvalue weighted by Gasteiger charge is -2.37. The van der Waals surface area contributed by atoms with Gasteiger partial charge in [0.1, 0.15) is 12.1 Å². The number of allylic oxidation sites excluding steroid dienone is 2. The van der Waals surface area contributed by atoms with E-state index < -0.39 is 5.60 Å². The molecule has 108 valence electrons. The van der Waals surface area contributed by atoms with Crippen LogP contribution in [0.4, 0.5) is 0 Å². The summed E-state index contributed by atoms with van der Waals surface area (Å²) >= 11 is 0. The summed E-state index contributed by atoms with van der Waals surface area (Å²) in [5.41, 5.74) is 1.30. The fourth-order valence-electron chi connectivity index (χ4n) is 3.49. The van der Waals surface area contributed by atoms with Crippen LogP contribution in [0.25, 0.3) is 0 Å². The summed E-state index contributed by atoms with van der Waals surface area (Å²) in [6.45, 7) is 12.9. The van der Waals surface area contributed by atoms with Gasteiger partial charge in [-0.05, 0) is 44.9 Å². The molecule has 2 unspecified atom stereocenters. The highest BCUT2D eigenvalue weighted by atomic mass is 16.6. The third-order valence-corrected chi connectivity index (χ3v) is 5.11. The van der Waals surface area contributed by atoms with Gasteiger partial charge in [-0.3, -0.25) is 4.79 Å². The first kappa shape index (κ1) is 14.4. The summed E-state index contributed by atoms with van der Waals surface area (Å²) in [5, 5.41) is 3.32. The van der Waals surface area contributed by atoms with Crippen LogP contribution >= 0.6 is 0 Å². The van der Waals surface area contributed by atoms with Crippen molar-refractivity contribution in [2.45, 2.75) is 60.0 Å². The maximum absolute atomic E-state index is 11.8. The number of nitrogens with one attached hydrogen (secondary N) is 1. The number of carbonyl (C=O) groups excluding carboxylic acids is 1. The van der Waals surface area contributed by atoms with Crippen molar-refractivity contribution < 1.29 is 9.53 Å². The van der Waals surface area contributed by atoms with Crippen LogP contribution in [-0.4, -0.2) is 18.1 Å². The van der Waals surface area contributed by atoms with Gasteiger partial charge in [-0.25, -0.2) is 0 Å². The molecular weight excluding hydrogens is 238 g/mol. The minimum Gasteiger partial charge on any atom is -0.459 e. The lowest BCUT2D eigenvalue weighted by molar-refractivity contribution is -0.153. The number of fused-ring (bicyclic) bond motifs is 2. The lowest BCUT2D eigenvalue weighted by atomic mass is 9.69. The fourth-order valence-corrected chi connectivity index (χ4v) is 3.49. The zero-order valence-corrected chi connectivity index (χ0v) is 13.1. The third-order valence-electron chi connectivity index (χ3n) is 5.11. The highest BCUT2D eigenvalue weighted by Crippen LogP contribution is 2.64. The molecule has 2 bridgehead atoms. The number of esters is 1. The minimum atomic E-state index is -0.412. The Balaban J connectivity index is 1.96. The Morgan fingerprint density at radius 3 is 2.47 bits per heavy atom. The molecule has 0 spiro atoms. The Labute approximate surface area is 116 Å². The minimum absolute atomic E-state index is 0.180. The molecule has 0 aromatic rings. The van der Waals surface area contributed by atoms with E-state index in [1.165, 1.54) is 18.5 Å². The Kier molecular flexibility index (Phi) is 3.23. The molecule has 2 atom stereocenters. The first-order valence-corrected chi connectivity index (χ1v) is 7.24. The topological polar surface area (TPSA) is 38.3 Å². The summed E-state index contributed by atoms with van der Waals surface area (Å²) < 4.78 is 5.33. The van der Waals surface area contributed by atoms with Gasteiger partial charge in [-0.1, -0.05) is 26.8 Å². The molecule has 0 heterocycles. The van der Waals surface area contributed by atoms with Crippen molar-refractivity contribution >= 4 is 5.97 Å². The lowest BCUT2D eigenvalue weighted by Crippen LogP contribution is -2.38. The maximum atomic E-state index is 11.8. The van der Waals surface area contributed by atoms with Gasteiger partial charge in [-0.2, -0.15) is 0 Å². The van der Waals surface area contributed by atoms with Crippen LogP contribution in [0.2, 0.25) is 0 Å². The molecule has 0 aromatic heterocycles. The number of ether oxygens (including phenoxy) is 1. The molecule has 2 aliphatic rings. The van der Waals surface area contributed by atoms with Gasteiger partial charge in [0.15, 0.2) is 0 Å². The van der Waals surface area contributed by atoms with Gasteiger partial charge >= 0.3 is 5.97 Å². The molecule has 2 rings (SSSR count). The van der Waals surface area contributed by atoms with Gasteiger partial charge in [0.05, 0.1) is 0 Å². The van der Waals surface area contributed by atoms with Crippen molar-refractivity contribution in [2.24, 2.45) is 16.7 Å². The van der Waals surface area contributed by atoms with Crippen LogP contribution in [0.3, 0.4) is 0 Å². The molecule has 0 aliphatic heterocycles. The van der Waals surface area contributed by atoms with Crippen LogP contribution in [0.1, 0.15) is 54.4 Å². The molecule has 1 N–H and O–H groups in total. The van der Waals surface area contributed by atoms with E-state index in [9.17, 15) is 4.79 Å². The number of rotatable bonds is 3. The van der Waals surface area contributed by atoms with E-state index >= 15 is 0 Å². The van der Waals surface area contributed by atoms with Crippen molar-refractivity contribution in [1.29, 1.82) is 0 Å². The predicted octanol–water partition coefficient (Wildman–Crippen LogP) is 3.26.